The van der Waals surface area contributed by atoms with Crippen LogP contribution in [0, 0.1) is 0 Å². The Morgan fingerprint density at radius 1 is 1.31 bits per heavy atom. The van der Waals surface area contributed by atoms with E-state index in [0.29, 0.717) is 0 Å². The van der Waals surface area contributed by atoms with Crippen molar-refractivity contribution in [2.75, 3.05) is 0 Å². The number of halogens is 1. The van der Waals surface area contributed by atoms with Gasteiger partial charge in [0.25, 0.3) is 0 Å². The highest BCUT2D eigenvalue weighted by Gasteiger charge is 2.26. The molecule has 1 aliphatic rings. The topological polar surface area (TPSA) is 17.8 Å². The molecule has 0 saturated heterocycles. The lowest BCUT2D eigenvalue weighted by atomic mass is 10.2. The third kappa shape index (κ3) is 1.92. The van der Waals surface area contributed by atoms with Crippen molar-refractivity contribution in [3.05, 3.63) is 52.5 Å². The number of aromatic nitrogens is 2. The first-order chi connectivity index (χ1) is 7.84. The Labute approximate surface area is 103 Å². The van der Waals surface area contributed by atoms with E-state index in [1.165, 1.54) is 28.6 Å². The molecule has 82 valence electrons. The molecule has 3 heteroatoms. The predicted molar refractivity (Wildman–Crippen MR) is 67.4 cm³/mol. The molecule has 1 saturated carbocycles. The minimum Gasteiger partial charge on any atom is -0.330 e. The zero-order valence-corrected chi connectivity index (χ0v) is 10.5. The number of benzene rings is 1. The molecule has 1 aromatic carbocycles. The maximum atomic E-state index is 4.26. The number of rotatable bonds is 3. The minimum absolute atomic E-state index is 0.755. The zero-order chi connectivity index (χ0) is 11.0. The molecule has 0 unspecified atom stereocenters. The van der Waals surface area contributed by atoms with E-state index in [9.17, 15) is 0 Å². The fourth-order valence-corrected chi connectivity index (χ4v) is 2.40. The van der Waals surface area contributed by atoms with Gasteiger partial charge in [0.05, 0.1) is 6.33 Å². The maximum absolute atomic E-state index is 4.26. The van der Waals surface area contributed by atoms with Crippen molar-refractivity contribution in [3.8, 4) is 0 Å². The van der Waals surface area contributed by atoms with Gasteiger partial charge in [0, 0.05) is 28.8 Å². The van der Waals surface area contributed by atoms with Gasteiger partial charge >= 0.3 is 0 Å². The normalized spacial score (nSPS) is 15.3. The van der Waals surface area contributed by atoms with E-state index in [-0.39, 0.29) is 0 Å². The van der Waals surface area contributed by atoms with Crippen LogP contribution in [0.1, 0.15) is 30.0 Å². The van der Waals surface area contributed by atoms with E-state index in [4.69, 9.17) is 0 Å². The predicted octanol–water partition coefficient (Wildman–Crippen LogP) is 3.57. The number of imidazole rings is 1. The summed E-state index contributed by atoms with van der Waals surface area (Å²) in [4.78, 5) is 4.26. The molecular weight excluding hydrogens is 264 g/mol. The molecule has 0 N–H and O–H groups in total. The van der Waals surface area contributed by atoms with Crippen molar-refractivity contribution in [2.24, 2.45) is 0 Å². The Morgan fingerprint density at radius 2 is 2.12 bits per heavy atom. The van der Waals surface area contributed by atoms with Crippen molar-refractivity contribution in [2.45, 2.75) is 25.3 Å². The lowest BCUT2D eigenvalue weighted by Gasteiger charge is -2.08. The SMILES string of the molecule is Brc1ccccc1Cn1cncc1C1CC1. The van der Waals surface area contributed by atoms with Crippen LogP contribution in [0.5, 0.6) is 0 Å². The highest BCUT2D eigenvalue weighted by atomic mass is 79.9. The molecule has 2 aromatic rings. The molecule has 0 aliphatic heterocycles. The van der Waals surface area contributed by atoms with Crippen molar-refractivity contribution >= 4 is 15.9 Å². The van der Waals surface area contributed by atoms with E-state index in [2.05, 4.69) is 43.7 Å². The monoisotopic (exact) mass is 276 g/mol. The Kier molecular flexibility index (Phi) is 2.56. The maximum Gasteiger partial charge on any atom is 0.0951 e. The fraction of sp³-hybridized carbons (Fsp3) is 0.308. The first-order valence-corrected chi connectivity index (χ1v) is 6.37. The minimum atomic E-state index is 0.755. The van der Waals surface area contributed by atoms with Crippen molar-refractivity contribution < 1.29 is 0 Å². The molecular formula is C13H13BrN2. The van der Waals surface area contributed by atoms with Gasteiger partial charge in [-0.05, 0) is 24.5 Å². The van der Waals surface area contributed by atoms with Crippen LogP contribution in [0.25, 0.3) is 0 Å². The van der Waals surface area contributed by atoms with Gasteiger partial charge in [0.1, 0.15) is 0 Å². The van der Waals surface area contributed by atoms with Gasteiger partial charge in [-0.2, -0.15) is 0 Å². The van der Waals surface area contributed by atoms with E-state index in [1.807, 2.05) is 18.6 Å². The Balaban J connectivity index is 1.88. The van der Waals surface area contributed by atoms with E-state index >= 15 is 0 Å². The Hall–Kier alpha value is -1.09. The molecule has 16 heavy (non-hydrogen) atoms. The van der Waals surface area contributed by atoms with Crippen LogP contribution in [-0.2, 0) is 6.54 Å². The van der Waals surface area contributed by atoms with Gasteiger partial charge in [-0.3, -0.25) is 0 Å². The molecule has 1 fully saturated rings. The average molecular weight is 277 g/mol. The molecule has 0 amide bonds. The van der Waals surface area contributed by atoms with Gasteiger partial charge in [-0.25, -0.2) is 4.98 Å². The summed E-state index contributed by atoms with van der Waals surface area (Å²) in [5, 5.41) is 0. The van der Waals surface area contributed by atoms with Crippen molar-refractivity contribution in [3.63, 3.8) is 0 Å². The molecule has 0 spiro atoms. The van der Waals surface area contributed by atoms with Crippen LogP contribution in [0.2, 0.25) is 0 Å². The number of hydrogen-bond donors (Lipinski definition) is 0. The largest absolute Gasteiger partial charge is 0.330 e. The van der Waals surface area contributed by atoms with Gasteiger partial charge in [-0.15, -0.1) is 0 Å². The second-order valence-corrected chi connectivity index (χ2v) is 5.17. The summed E-state index contributed by atoms with van der Waals surface area (Å²) in [6, 6.07) is 8.36. The van der Waals surface area contributed by atoms with Crippen LogP contribution in [0.3, 0.4) is 0 Å². The first-order valence-electron chi connectivity index (χ1n) is 5.58. The molecule has 2 nitrogen and oxygen atoms in total. The van der Waals surface area contributed by atoms with Crippen molar-refractivity contribution in [1.82, 2.24) is 9.55 Å². The third-order valence-corrected chi connectivity index (χ3v) is 3.81. The molecule has 0 radical (unpaired) electrons. The van der Waals surface area contributed by atoms with Gasteiger partial charge in [-0.1, -0.05) is 34.1 Å². The molecule has 3 rings (SSSR count). The summed E-state index contributed by atoms with van der Waals surface area (Å²) in [5.41, 5.74) is 2.69. The highest BCUT2D eigenvalue weighted by Crippen LogP contribution is 2.40. The summed E-state index contributed by atoms with van der Waals surface area (Å²) in [6.07, 6.45) is 6.59. The van der Waals surface area contributed by atoms with Crippen LogP contribution < -0.4 is 0 Å². The molecule has 0 atom stereocenters. The molecule has 1 aromatic heterocycles. The van der Waals surface area contributed by atoms with Crippen LogP contribution in [0.15, 0.2) is 41.3 Å². The van der Waals surface area contributed by atoms with Gasteiger partial charge in [0.2, 0.25) is 0 Å². The Bertz CT molecular complexity index is 500. The Morgan fingerprint density at radius 3 is 2.88 bits per heavy atom. The molecule has 1 heterocycles. The quantitative estimate of drug-likeness (QED) is 0.838. The summed E-state index contributed by atoms with van der Waals surface area (Å²) in [6.45, 7) is 0.910. The van der Waals surface area contributed by atoms with Crippen LogP contribution in [0.4, 0.5) is 0 Å². The third-order valence-electron chi connectivity index (χ3n) is 3.04. The highest BCUT2D eigenvalue weighted by molar-refractivity contribution is 9.10. The second-order valence-electron chi connectivity index (χ2n) is 4.31. The lowest BCUT2D eigenvalue weighted by Crippen LogP contribution is -2.02. The summed E-state index contributed by atoms with van der Waals surface area (Å²) in [5.74, 6) is 0.755. The van der Waals surface area contributed by atoms with Gasteiger partial charge in [0.15, 0.2) is 0 Å². The summed E-state index contributed by atoms with van der Waals surface area (Å²) < 4.78 is 3.43. The number of nitrogens with zero attached hydrogens (tertiary/aromatic N) is 2. The standard InChI is InChI=1S/C13H13BrN2/c14-12-4-2-1-3-11(12)8-16-9-15-7-13(16)10-5-6-10/h1-4,7,9-10H,5-6,8H2. The molecule has 1 aliphatic carbocycles. The number of hydrogen-bond acceptors (Lipinski definition) is 1. The first kappa shape index (κ1) is 10.1. The average Bonchev–Trinajstić information content (AvgIpc) is 3.03. The zero-order valence-electron chi connectivity index (χ0n) is 8.94. The van der Waals surface area contributed by atoms with E-state index < -0.39 is 0 Å². The molecule has 0 bridgehead atoms. The van der Waals surface area contributed by atoms with E-state index in [1.54, 1.807) is 0 Å². The smallest absolute Gasteiger partial charge is 0.0951 e. The van der Waals surface area contributed by atoms with Crippen molar-refractivity contribution in [1.29, 1.82) is 0 Å². The van der Waals surface area contributed by atoms with E-state index in [0.717, 1.165) is 12.5 Å². The summed E-state index contributed by atoms with van der Waals surface area (Å²) in [7, 11) is 0. The lowest BCUT2D eigenvalue weighted by molar-refractivity contribution is 0.740. The summed E-state index contributed by atoms with van der Waals surface area (Å²) >= 11 is 3.59. The van der Waals surface area contributed by atoms with Gasteiger partial charge < -0.3 is 4.57 Å². The fourth-order valence-electron chi connectivity index (χ4n) is 1.99. The van der Waals surface area contributed by atoms with Crippen LogP contribution in [-0.4, -0.2) is 9.55 Å². The van der Waals surface area contributed by atoms with Crippen LogP contribution >= 0.6 is 15.9 Å². The second kappa shape index (κ2) is 4.06.